The number of hydrogen-bond donors (Lipinski definition) is 0. The van der Waals surface area contributed by atoms with Crippen LogP contribution in [0.5, 0.6) is 0 Å². The SMILES string of the molecule is CN(C)C(=O)c1cccc(CN2CC3(CC3)c3cc(Cl)ncc3C2=O)n1. The van der Waals surface area contributed by atoms with Crippen LogP contribution in [0.1, 0.15) is 44.9 Å². The van der Waals surface area contributed by atoms with Gasteiger partial charge in [-0.05, 0) is 36.6 Å². The summed E-state index contributed by atoms with van der Waals surface area (Å²) in [5.74, 6) is -0.215. The van der Waals surface area contributed by atoms with Crippen LogP contribution >= 0.6 is 11.6 Å². The average molecular weight is 371 g/mol. The van der Waals surface area contributed by atoms with E-state index >= 15 is 0 Å². The van der Waals surface area contributed by atoms with Gasteiger partial charge in [-0.1, -0.05) is 17.7 Å². The molecule has 0 bridgehead atoms. The van der Waals surface area contributed by atoms with Crippen molar-refractivity contribution >= 4 is 23.4 Å². The summed E-state index contributed by atoms with van der Waals surface area (Å²) in [7, 11) is 3.38. The first-order valence-corrected chi connectivity index (χ1v) is 8.90. The number of halogens is 1. The van der Waals surface area contributed by atoms with E-state index in [1.165, 1.54) is 4.90 Å². The van der Waals surface area contributed by atoms with Crippen molar-refractivity contribution in [2.24, 2.45) is 0 Å². The van der Waals surface area contributed by atoms with Gasteiger partial charge in [-0.3, -0.25) is 9.59 Å². The number of amides is 2. The van der Waals surface area contributed by atoms with Crippen LogP contribution in [0.3, 0.4) is 0 Å². The Bertz CT molecular complexity index is 908. The molecule has 0 atom stereocenters. The standard InChI is InChI=1S/C19H19ClN4O2/c1-23(2)18(26)15-5-3-4-12(22-15)10-24-11-19(6-7-19)14-8-16(20)21-9-13(14)17(24)25/h3-5,8-9H,6-7,10-11H2,1-2H3. The molecule has 0 N–H and O–H groups in total. The van der Waals surface area contributed by atoms with Gasteiger partial charge in [0.05, 0.1) is 17.8 Å². The number of pyridine rings is 2. The van der Waals surface area contributed by atoms with E-state index in [0.717, 1.165) is 18.4 Å². The Morgan fingerprint density at radius 3 is 2.81 bits per heavy atom. The Hall–Kier alpha value is -2.47. The molecule has 1 fully saturated rings. The van der Waals surface area contributed by atoms with Gasteiger partial charge < -0.3 is 9.80 Å². The van der Waals surface area contributed by atoms with Crippen LogP contribution in [-0.4, -0.2) is 52.2 Å². The van der Waals surface area contributed by atoms with E-state index in [9.17, 15) is 9.59 Å². The number of rotatable bonds is 3. The van der Waals surface area contributed by atoms with Crippen molar-refractivity contribution in [3.05, 3.63) is 58.1 Å². The number of aromatic nitrogens is 2. The fourth-order valence-electron chi connectivity index (χ4n) is 3.55. The maximum Gasteiger partial charge on any atom is 0.271 e. The molecule has 1 spiro atoms. The van der Waals surface area contributed by atoms with Crippen molar-refractivity contribution in [2.75, 3.05) is 20.6 Å². The van der Waals surface area contributed by atoms with Gasteiger partial charge in [0.2, 0.25) is 0 Å². The largest absolute Gasteiger partial charge is 0.343 e. The molecule has 0 radical (unpaired) electrons. The van der Waals surface area contributed by atoms with Crippen LogP contribution in [0.2, 0.25) is 5.15 Å². The van der Waals surface area contributed by atoms with Gasteiger partial charge in [0, 0.05) is 32.3 Å². The molecule has 6 nitrogen and oxygen atoms in total. The summed E-state index contributed by atoms with van der Waals surface area (Å²) >= 11 is 6.04. The van der Waals surface area contributed by atoms with Crippen LogP contribution in [0, 0.1) is 0 Å². The normalized spacial score (nSPS) is 17.2. The second kappa shape index (κ2) is 6.06. The molecule has 1 aliphatic carbocycles. The van der Waals surface area contributed by atoms with Gasteiger partial charge in [0.1, 0.15) is 10.8 Å². The highest BCUT2D eigenvalue weighted by molar-refractivity contribution is 6.29. The van der Waals surface area contributed by atoms with Crippen LogP contribution < -0.4 is 0 Å². The first-order valence-electron chi connectivity index (χ1n) is 8.52. The van der Waals surface area contributed by atoms with Crippen LogP contribution in [-0.2, 0) is 12.0 Å². The predicted molar refractivity (Wildman–Crippen MR) is 97.2 cm³/mol. The molecule has 4 rings (SSSR count). The maximum atomic E-state index is 12.9. The zero-order chi connectivity index (χ0) is 18.5. The Balaban J connectivity index is 1.62. The molecular weight excluding hydrogens is 352 g/mol. The fraction of sp³-hybridized carbons (Fsp3) is 0.368. The molecule has 2 aliphatic rings. The highest BCUT2D eigenvalue weighted by atomic mass is 35.5. The number of hydrogen-bond acceptors (Lipinski definition) is 4. The van der Waals surface area contributed by atoms with Gasteiger partial charge in [-0.2, -0.15) is 0 Å². The molecule has 26 heavy (non-hydrogen) atoms. The maximum absolute atomic E-state index is 12.9. The Morgan fingerprint density at radius 2 is 2.12 bits per heavy atom. The van der Waals surface area contributed by atoms with Gasteiger partial charge in [-0.25, -0.2) is 9.97 Å². The summed E-state index contributed by atoms with van der Waals surface area (Å²) in [6.45, 7) is 1.02. The van der Waals surface area contributed by atoms with Gasteiger partial charge in [0.15, 0.2) is 0 Å². The van der Waals surface area contributed by atoms with Crippen LogP contribution in [0.15, 0.2) is 30.5 Å². The molecule has 1 aliphatic heterocycles. The Labute approximate surface area is 156 Å². The minimum atomic E-state index is -0.153. The molecular formula is C19H19ClN4O2. The molecule has 2 aromatic rings. The highest BCUT2D eigenvalue weighted by Crippen LogP contribution is 2.52. The summed E-state index contributed by atoms with van der Waals surface area (Å²) in [6, 6.07) is 7.16. The van der Waals surface area contributed by atoms with Crippen molar-refractivity contribution in [1.82, 2.24) is 19.8 Å². The number of nitrogens with zero attached hydrogens (tertiary/aromatic N) is 4. The summed E-state index contributed by atoms with van der Waals surface area (Å²) < 4.78 is 0. The topological polar surface area (TPSA) is 66.4 Å². The minimum Gasteiger partial charge on any atom is -0.343 e. The van der Waals surface area contributed by atoms with Crippen molar-refractivity contribution in [2.45, 2.75) is 24.8 Å². The third-order valence-corrected chi connectivity index (χ3v) is 5.30. The number of carbonyl (C=O) groups is 2. The quantitative estimate of drug-likeness (QED) is 0.779. The van der Waals surface area contributed by atoms with E-state index in [4.69, 9.17) is 11.6 Å². The van der Waals surface area contributed by atoms with E-state index < -0.39 is 0 Å². The van der Waals surface area contributed by atoms with Crippen molar-refractivity contribution < 1.29 is 9.59 Å². The lowest BCUT2D eigenvalue weighted by atomic mass is 9.87. The van der Waals surface area contributed by atoms with Gasteiger partial charge >= 0.3 is 0 Å². The molecule has 3 heterocycles. The van der Waals surface area contributed by atoms with E-state index in [1.54, 1.807) is 37.3 Å². The zero-order valence-electron chi connectivity index (χ0n) is 14.7. The second-order valence-electron chi connectivity index (χ2n) is 7.21. The monoisotopic (exact) mass is 370 g/mol. The van der Waals surface area contributed by atoms with Crippen LogP contribution in [0.25, 0.3) is 0 Å². The summed E-state index contributed by atoms with van der Waals surface area (Å²) in [5, 5.41) is 0.424. The lowest BCUT2D eigenvalue weighted by Crippen LogP contribution is -2.43. The molecule has 2 amide bonds. The van der Waals surface area contributed by atoms with E-state index in [0.29, 0.717) is 35.2 Å². The third kappa shape index (κ3) is 2.84. The van der Waals surface area contributed by atoms with E-state index in [1.807, 2.05) is 12.1 Å². The fourth-order valence-corrected chi connectivity index (χ4v) is 3.71. The van der Waals surface area contributed by atoms with Crippen LogP contribution in [0.4, 0.5) is 0 Å². The zero-order valence-corrected chi connectivity index (χ0v) is 15.5. The third-order valence-electron chi connectivity index (χ3n) is 5.09. The Kier molecular flexibility index (Phi) is 3.95. The first-order chi connectivity index (χ1) is 12.4. The van der Waals surface area contributed by atoms with E-state index in [-0.39, 0.29) is 17.2 Å². The lowest BCUT2D eigenvalue weighted by Gasteiger charge is -2.34. The lowest BCUT2D eigenvalue weighted by molar-refractivity contribution is 0.0695. The number of carbonyl (C=O) groups excluding carboxylic acids is 2. The summed E-state index contributed by atoms with van der Waals surface area (Å²) in [4.78, 5) is 36.9. The van der Waals surface area contributed by atoms with Crippen molar-refractivity contribution in [3.8, 4) is 0 Å². The molecule has 0 saturated heterocycles. The molecule has 134 valence electrons. The molecule has 0 unspecified atom stereocenters. The Morgan fingerprint density at radius 1 is 1.35 bits per heavy atom. The minimum absolute atomic E-state index is 0.00705. The summed E-state index contributed by atoms with van der Waals surface area (Å²) in [6.07, 6.45) is 3.65. The van der Waals surface area contributed by atoms with Gasteiger partial charge in [0.25, 0.3) is 11.8 Å². The second-order valence-corrected chi connectivity index (χ2v) is 7.60. The predicted octanol–water partition coefficient (Wildman–Crippen LogP) is 2.52. The van der Waals surface area contributed by atoms with E-state index in [2.05, 4.69) is 9.97 Å². The van der Waals surface area contributed by atoms with Crippen molar-refractivity contribution in [1.29, 1.82) is 0 Å². The molecule has 7 heteroatoms. The smallest absolute Gasteiger partial charge is 0.271 e. The molecule has 0 aromatic carbocycles. The average Bonchev–Trinajstić information content (AvgIpc) is 3.39. The summed E-state index contributed by atoms with van der Waals surface area (Å²) in [5.41, 5.74) is 2.72. The molecule has 2 aromatic heterocycles. The number of fused-ring (bicyclic) bond motifs is 2. The first kappa shape index (κ1) is 17.0. The highest BCUT2D eigenvalue weighted by Gasteiger charge is 2.51. The molecule has 1 saturated carbocycles. The van der Waals surface area contributed by atoms with Crippen molar-refractivity contribution in [3.63, 3.8) is 0 Å². The van der Waals surface area contributed by atoms with Gasteiger partial charge in [-0.15, -0.1) is 0 Å².